The van der Waals surface area contributed by atoms with Crippen LogP contribution in [0.15, 0.2) is 4.99 Å². The van der Waals surface area contributed by atoms with Gasteiger partial charge >= 0.3 is 0 Å². The number of hydrogen-bond donors (Lipinski definition) is 1. The molecule has 0 aromatic heterocycles. The molecule has 3 heteroatoms. The number of nitrogens with two attached hydrogens (primary N) is 1. The summed E-state index contributed by atoms with van der Waals surface area (Å²) in [6, 6.07) is 0.405. The number of rotatable bonds is 4. The lowest BCUT2D eigenvalue weighted by atomic mass is 10.3. The second kappa shape index (κ2) is 4.34. The molecule has 2 N–H and O–H groups in total. The Balaban J connectivity index is 2.24. The van der Waals surface area contributed by atoms with Gasteiger partial charge in [-0.1, -0.05) is 6.92 Å². The summed E-state index contributed by atoms with van der Waals surface area (Å²) >= 11 is 0. The lowest BCUT2D eigenvalue weighted by Gasteiger charge is -1.98. The predicted octanol–water partition coefficient (Wildman–Crippen LogP) is 0.933. The second-order valence-corrected chi connectivity index (χ2v) is 2.79. The highest BCUT2D eigenvalue weighted by Gasteiger charge is 2.15. The van der Waals surface area contributed by atoms with Gasteiger partial charge in [-0.15, -0.1) is 0 Å². The van der Waals surface area contributed by atoms with Crippen molar-refractivity contribution in [2.45, 2.75) is 32.2 Å². The summed E-state index contributed by atoms with van der Waals surface area (Å²) in [5, 5.41) is 0. The van der Waals surface area contributed by atoms with Gasteiger partial charge in [0.1, 0.15) is 6.61 Å². The molecule has 11 heavy (non-hydrogen) atoms. The molecule has 1 unspecified atom stereocenters. The van der Waals surface area contributed by atoms with E-state index in [4.69, 9.17) is 10.5 Å². The van der Waals surface area contributed by atoms with Crippen LogP contribution < -0.4 is 5.73 Å². The van der Waals surface area contributed by atoms with Crippen molar-refractivity contribution in [3.05, 3.63) is 0 Å². The maximum Gasteiger partial charge on any atom is 0.183 e. The average Bonchev–Trinajstić information content (AvgIpc) is 2.48. The van der Waals surface area contributed by atoms with Crippen molar-refractivity contribution < 1.29 is 4.74 Å². The van der Waals surface area contributed by atoms with Gasteiger partial charge in [-0.25, -0.2) is 4.99 Å². The fraction of sp³-hybridized carbons (Fsp3) is 0.875. The van der Waals surface area contributed by atoms with Gasteiger partial charge in [0.15, 0.2) is 5.90 Å². The van der Waals surface area contributed by atoms with E-state index in [9.17, 15) is 0 Å². The quantitative estimate of drug-likeness (QED) is 0.658. The Hall–Kier alpha value is -0.570. The normalized spacial score (nSPS) is 23.1. The summed E-state index contributed by atoms with van der Waals surface area (Å²) < 4.78 is 5.35. The van der Waals surface area contributed by atoms with Gasteiger partial charge in [0, 0.05) is 6.42 Å². The van der Waals surface area contributed by atoms with Crippen LogP contribution in [0.4, 0.5) is 0 Å². The molecule has 64 valence electrons. The van der Waals surface area contributed by atoms with E-state index in [-0.39, 0.29) is 0 Å². The van der Waals surface area contributed by atoms with Crippen molar-refractivity contribution in [2.24, 2.45) is 10.7 Å². The van der Waals surface area contributed by atoms with Gasteiger partial charge in [0.2, 0.25) is 0 Å². The van der Waals surface area contributed by atoms with Crippen LogP contribution in [-0.4, -0.2) is 25.1 Å². The first-order valence-electron chi connectivity index (χ1n) is 4.26. The van der Waals surface area contributed by atoms with E-state index in [1.165, 1.54) is 0 Å². The summed E-state index contributed by atoms with van der Waals surface area (Å²) in [6.45, 7) is 3.62. The van der Waals surface area contributed by atoms with Crippen molar-refractivity contribution in [2.75, 3.05) is 13.2 Å². The molecule has 1 rings (SSSR count). The first-order chi connectivity index (χ1) is 5.36. The smallest absolute Gasteiger partial charge is 0.183 e. The number of nitrogens with zero attached hydrogens (tertiary/aromatic N) is 1. The molecule has 0 bridgehead atoms. The van der Waals surface area contributed by atoms with Crippen molar-refractivity contribution in [1.82, 2.24) is 0 Å². The summed E-state index contributed by atoms with van der Waals surface area (Å²) in [5.74, 6) is 0.905. The van der Waals surface area contributed by atoms with Crippen LogP contribution in [0.25, 0.3) is 0 Å². The van der Waals surface area contributed by atoms with Gasteiger partial charge in [0.25, 0.3) is 0 Å². The van der Waals surface area contributed by atoms with Crippen LogP contribution in [0.5, 0.6) is 0 Å². The molecule has 1 heterocycles. The van der Waals surface area contributed by atoms with Crippen LogP contribution in [0.1, 0.15) is 26.2 Å². The van der Waals surface area contributed by atoms with Crippen molar-refractivity contribution in [1.29, 1.82) is 0 Å². The highest BCUT2D eigenvalue weighted by molar-refractivity contribution is 5.77. The van der Waals surface area contributed by atoms with Crippen LogP contribution in [-0.2, 0) is 4.74 Å². The molecule has 3 nitrogen and oxygen atoms in total. The highest BCUT2D eigenvalue weighted by atomic mass is 16.5. The third-order valence-electron chi connectivity index (χ3n) is 1.83. The van der Waals surface area contributed by atoms with E-state index in [1.54, 1.807) is 0 Å². The van der Waals surface area contributed by atoms with Crippen LogP contribution >= 0.6 is 0 Å². The van der Waals surface area contributed by atoms with Gasteiger partial charge in [-0.05, 0) is 19.4 Å². The van der Waals surface area contributed by atoms with Crippen LogP contribution in [0.2, 0.25) is 0 Å². The van der Waals surface area contributed by atoms with E-state index in [2.05, 4.69) is 11.9 Å². The van der Waals surface area contributed by atoms with Gasteiger partial charge in [-0.2, -0.15) is 0 Å². The van der Waals surface area contributed by atoms with Gasteiger partial charge in [0.05, 0.1) is 6.04 Å². The monoisotopic (exact) mass is 156 g/mol. The molecule has 0 saturated carbocycles. The topological polar surface area (TPSA) is 47.6 Å². The van der Waals surface area contributed by atoms with E-state index < -0.39 is 0 Å². The number of hydrogen-bond acceptors (Lipinski definition) is 3. The Morgan fingerprint density at radius 1 is 1.73 bits per heavy atom. The van der Waals surface area contributed by atoms with Crippen LogP contribution in [0, 0.1) is 0 Å². The molecule has 0 saturated heterocycles. The van der Waals surface area contributed by atoms with Crippen molar-refractivity contribution in [3.63, 3.8) is 0 Å². The molecule has 0 aliphatic carbocycles. The summed E-state index contributed by atoms with van der Waals surface area (Å²) in [5.41, 5.74) is 5.36. The molecule has 0 aromatic rings. The zero-order valence-corrected chi connectivity index (χ0v) is 7.05. The first kappa shape index (κ1) is 8.53. The average molecular weight is 156 g/mol. The maximum atomic E-state index is 5.36. The van der Waals surface area contributed by atoms with E-state index >= 15 is 0 Å². The Morgan fingerprint density at radius 3 is 3.09 bits per heavy atom. The fourth-order valence-electron chi connectivity index (χ4n) is 1.07. The van der Waals surface area contributed by atoms with Crippen molar-refractivity contribution >= 4 is 5.90 Å². The number of aliphatic imine (C=N–C) groups is 1. The summed E-state index contributed by atoms with van der Waals surface area (Å²) in [7, 11) is 0. The molecule has 0 aromatic carbocycles. The minimum Gasteiger partial charge on any atom is -0.479 e. The molecular formula is C8H16N2O. The van der Waals surface area contributed by atoms with Gasteiger partial charge in [-0.3, -0.25) is 0 Å². The molecule has 1 atom stereocenters. The Bertz CT molecular complexity index is 145. The number of ether oxygens (including phenoxy) is 1. The third kappa shape index (κ3) is 2.50. The molecule has 1 aliphatic heterocycles. The first-order valence-corrected chi connectivity index (χ1v) is 4.26. The standard InChI is InChI=1S/C8H16N2O/c1-2-7-6-11-8(10-7)4-3-5-9/h7H,2-6,9H2,1H3. The van der Waals surface area contributed by atoms with E-state index in [0.717, 1.165) is 38.3 Å². The zero-order valence-electron chi connectivity index (χ0n) is 7.05. The molecular weight excluding hydrogens is 140 g/mol. The third-order valence-corrected chi connectivity index (χ3v) is 1.83. The zero-order chi connectivity index (χ0) is 8.10. The van der Waals surface area contributed by atoms with Crippen LogP contribution in [0.3, 0.4) is 0 Å². The van der Waals surface area contributed by atoms with Crippen molar-refractivity contribution in [3.8, 4) is 0 Å². The molecule has 1 aliphatic rings. The predicted molar refractivity (Wildman–Crippen MR) is 45.8 cm³/mol. The molecule has 0 radical (unpaired) electrons. The highest BCUT2D eigenvalue weighted by Crippen LogP contribution is 2.10. The van der Waals surface area contributed by atoms with E-state index in [0.29, 0.717) is 6.04 Å². The lowest BCUT2D eigenvalue weighted by molar-refractivity contribution is 0.307. The van der Waals surface area contributed by atoms with E-state index in [1.807, 2.05) is 0 Å². The minimum absolute atomic E-state index is 0.405. The SMILES string of the molecule is CCC1COC(CCCN)=N1. The Morgan fingerprint density at radius 2 is 2.55 bits per heavy atom. The van der Waals surface area contributed by atoms with Gasteiger partial charge < -0.3 is 10.5 Å². The second-order valence-electron chi connectivity index (χ2n) is 2.79. The fourth-order valence-corrected chi connectivity index (χ4v) is 1.07. The molecule has 0 spiro atoms. The maximum absolute atomic E-state index is 5.36. The lowest BCUT2D eigenvalue weighted by Crippen LogP contribution is -2.05. The Kier molecular flexibility index (Phi) is 3.36. The summed E-state index contributed by atoms with van der Waals surface area (Å²) in [6.07, 6.45) is 2.97. The summed E-state index contributed by atoms with van der Waals surface area (Å²) in [4.78, 5) is 4.38. The Labute approximate surface area is 67.6 Å². The minimum atomic E-state index is 0.405. The largest absolute Gasteiger partial charge is 0.479 e. The molecule has 0 amide bonds. The molecule has 0 fully saturated rings.